The molecule has 1 saturated heterocycles. The zero-order valence-electron chi connectivity index (χ0n) is 22.1. The molecule has 11 nitrogen and oxygen atoms in total. The van der Waals surface area contributed by atoms with Crippen LogP contribution in [0.2, 0.25) is 0 Å². The number of carbonyl (C=O) groups excluding carboxylic acids is 2. The number of hydrogen-bond acceptors (Lipinski definition) is 8. The second-order valence-corrected chi connectivity index (χ2v) is 9.54. The van der Waals surface area contributed by atoms with Gasteiger partial charge in [0.25, 0.3) is 11.8 Å². The maximum Gasteiger partial charge on any atom is 0.287 e. The van der Waals surface area contributed by atoms with E-state index in [2.05, 4.69) is 25.3 Å². The smallest absolute Gasteiger partial charge is 0.287 e. The lowest BCUT2D eigenvalue weighted by Crippen LogP contribution is -2.48. The molecule has 40 heavy (non-hydrogen) atoms. The molecule has 1 atom stereocenters. The van der Waals surface area contributed by atoms with E-state index in [0.717, 1.165) is 32.5 Å². The minimum Gasteiger partial charge on any atom is -0.493 e. The molecule has 3 aromatic heterocycles. The number of halogens is 1. The molecule has 2 N–H and O–H groups in total. The third-order valence-corrected chi connectivity index (χ3v) is 6.69. The first-order valence-electron chi connectivity index (χ1n) is 13.2. The molecule has 12 heteroatoms. The number of hydrogen-bond donors (Lipinski definition) is 2. The normalized spacial score (nSPS) is 15.0. The number of aromatic amines is 1. The second-order valence-electron chi connectivity index (χ2n) is 9.54. The number of furan rings is 1. The zero-order valence-corrected chi connectivity index (χ0v) is 22.1. The summed E-state index contributed by atoms with van der Waals surface area (Å²) in [6.45, 7) is 5.69. The summed E-state index contributed by atoms with van der Waals surface area (Å²) in [6, 6.07) is 10.7. The molecule has 0 spiro atoms. The summed E-state index contributed by atoms with van der Waals surface area (Å²) in [7, 11) is 0. The average Bonchev–Trinajstić information content (AvgIpc) is 3.73. The fourth-order valence-electron chi connectivity index (χ4n) is 4.58. The van der Waals surface area contributed by atoms with Crippen LogP contribution in [0.1, 0.15) is 30.3 Å². The Morgan fingerprint density at radius 2 is 2.08 bits per heavy atom. The number of benzene rings is 1. The average molecular weight is 551 g/mol. The molecule has 2 amide bonds. The molecular formula is C28H31FN6O5. The van der Waals surface area contributed by atoms with Gasteiger partial charge in [-0.05, 0) is 62.7 Å². The topological polar surface area (TPSA) is 130 Å². The van der Waals surface area contributed by atoms with Crippen molar-refractivity contribution in [1.29, 1.82) is 0 Å². The Bertz CT molecular complexity index is 1400. The van der Waals surface area contributed by atoms with Gasteiger partial charge in [0, 0.05) is 38.4 Å². The Balaban J connectivity index is 1.04. The molecule has 0 saturated carbocycles. The highest BCUT2D eigenvalue weighted by Crippen LogP contribution is 2.26. The lowest BCUT2D eigenvalue weighted by Gasteiger charge is -2.25. The number of aromatic nitrogens is 3. The predicted molar refractivity (Wildman–Crippen MR) is 143 cm³/mol. The van der Waals surface area contributed by atoms with Gasteiger partial charge in [-0.3, -0.25) is 9.59 Å². The minimum absolute atomic E-state index is 0.114. The Kier molecular flexibility index (Phi) is 8.55. The SMILES string of the molecule is C[C@H](NC(=O)c1ccco1)C(=O)N1CCCN(CCCOc2ccc(-c3noc(-c4ccc[nH]4)n3)c(F)c2)CC1. The molecule has 4 heterocycles. The van der Waals surface area contributed by atoms with Crippen molar-refractivity contribution in [2.24, 2.45) is 0 Å². The lowest BCUT2D eigenvalue weighted by molar-refractivity contribution is -0.132. The van der Waals surface area contributed by atoms with Gasteiger partial charge in [-0.1, -0.05) is 5.16 Å². The lowest BCUT2D eigenvalue weighted by atomic mass is 10.2. The Labute approximate surface area is 230 Å². The number of amides is 2. The highest BCUT2D eigenvalue weighted by atomic mass is 19.1. The number of H-pyrrole nitrogens is 1. The summed E-state index contributed by atoms with van der Waals surface area (Å²) >= 11 is 0. The van der Waals surface area contributed by atoms with Crippen LogP contribution in [-0.2, 0) is 4.79 Å². The van der Waals surface area contributed by atoms with Gasteiger partial charge in [0.2, 0.25) is 11.7 Å². The fourth-order valence-corrected chi connectivity index (χ4v) is 4.58. The largest absolute Gasteiger partial charge is 0.493 e. The molecule has 0 aliphatic carbocycles. The summed E-state index contributed by atoms with van der Waals surface area (Å²) in [5.41, 5.74) is 0.888. The van der Waals surface area contributed by atoms with Gasteiger partial charge in [-0.2, -0.15) is 4.98 Å². The molecule has 1 fully saturated rings. The van der Waals surface area contributed by atoms with Crippen molar-refractivity contribution in [2.75, 3.05) is 39.3 Å². The van der Waals surface area contributed by atoms with Crippen LogP contribution in [0, 0.1) is 5.82 Å². The number of carbonyl (C=O) groups is 2. The van der Waals surface area contributed by atoms with Crippen LogP contribution in [0.15, 0.2) is 63.9 Å². The standard InChI is InChI=1S/C28H31FN6O5/c1-19(31-26(36)24-7-3-16-39-24)28(37)35-13-4-11-34(14-15-35)12-5-17-38-20-8-9-21(22(29)18-20)25-32-27(40-33-25)23-6-2-10-30-23/h2-3,6-10,16,18-19,30H,4-5,11-15,17H2,1H3,(H,31,36)/t19-/m0/s1. The van der Waals surface area contributed by atoms with E-state index in [4.69, 9.17) is 13.7 Å². The van der Waals surface area contributed by atoms with E-state index in [1.54, 1.807) is 48.4 Å². The highest BCUT2D eigenvalue weighted by molar-refractivity contribution is 5.95. The number of ether oxygens (including phenoxy) is 1. The van der Waals surface area contributed by atoms with Crippen LogP contribution in [0.4, 0.5) is 4.39 Å². The van der Waals surface area contributed by atoms with Gasteiger partial charge in [0.05, 0.1) is 18.4 Å². The van der Waals surface area contributed by atoms with Crippen LogP contribution in [0.3, 0.4) is 0 Å². The van der Waals surface area contributed by atoms with Crippen molar-refractivity contribution in [1.82, 2.24) is 30.2 Å². The van der Waals surface area contributed by atoms with Crippen LogP contribution < -0.4 is 10.1 Å². The molecule has 1 aliphatic rings. The molecule has 0 bridgehead atoms. The van der Waals surface area contributed by atoms with E-state index in [-0.39, 0.29) is 28.9 Å². The zero-order chi connectivity index (χ0) is 27.9. The van der Waals surface area contributed by atoms with Crippen LogP contribution in [-0.4, -0.2) is 82.1 Å². The van der Waals surface area contributed by atoms with Crippen molar-refractivity contribution < 1.29 is 27.7 Å². The maximum atomic E-state index is 14.8. The van der Waals surface area contributed by atoms with Gasteiger partial charge in [0.15, 0.2) is 5.76 Å². The summed E-state index contributed by atoms with van der Waals surface area (Å²) in [4.78, 5) is 36.4. The second kappa shape index (κ2) is 12.6. The maximum absolute atomic E-state index is 14.8. The van der Waals surface area contributed by atoms with Crippen LogP contribution in [0.5, 0.6) is 5.75 Å². The van der Waals surface area contributed by atoms with Crippen molar-refractivity contribution >= 4 is 11.8 Å². The Hall–Kier alpha value is -4.45. The molecule has 0 unspecified atom stereocenters. The molecular weight excluding hydrogens is 519 g/mol. The summed E-state index contributed by atoms with van der Waals surface area (Å²) in [5, 5.41) is 6.58. The molecule has 210 valence electrons. The van der Waals surface area contributed by atoms with Gasteiger partial charge >= 0.3 is 0 Å². The van der Waals surface area contributed by atoms with E-state index in [9.17, 15) is 14.0 Å². The van der Waals surface area contributed by atoms with Crippen molar-refractivity contribution in [2.45, 2.75) is 25.8 Å². The minimum atomic E-state index is -0.648. The molecule has 1 aromatic carbocycles. The summed E-state index contributed by atoms with van der Waals surface area (Å²) in [6.07, 6.45) is 4.74. The fraction of sp³-hybridized carbons (Fsp3) is 0.357. The quantitative estimate of drug-likeness (QED) is 0.287. The molecule has 4 aromatic rings. The van der Waals surface area contributed by atoms with Gasteiger partial charge < -0.3 is 33.8 Å². The highest BCUT2D eigenvalue weighted by Gasteiger charge is 2.25. The van der Waals surface area contributed by atoms with Crippen LogP contribution in [0.25, 0.3) is 23.0 Å². The third-order valence-electron chi connectivity index (χ3n) is 6.69. The molecule has 0 radical (unpaired) electrons. The van der Waals surface area contributed by atoms with E-state index in [0.29, 0.717) is 31.1 Å². The molecule has 1 aliphatic heterocycles. The first-order chi connectivity index (χ1) is 19.5. The number of nitrogens with one attached hydrogen (secondary N) is 2. The Morgan fingerprint density at radius 3 is 2.85 bits per heavy atom. The van der Waals surface area contributed by atoms with E-state index < -0.39 is 17.8 Å². The van der Waals surface area contributed by atoms with Gasteiger partial charge in [-0.25, -0.2) is 4.39 Å². The predicted octanol–water partition coefficient (Wildman–Crippen LogP) is 3.59. The van der Waals surface area contributed by atoms with Crippen molar-refractivity contribution in [3.63, 3.8) is 0 Å². The van der Waals surface area contributed by atoms with Crippen molar-refractivity contribution in [3.8, 4) is 28.7 Å². The molecule has 5 rings (SSSR count). The Morgan fingerprint density at radius 1 is 1.18 bits per heavy atom. The number of rotatable bonds is 10. The summed E-state index contributed by atoms with van der Waals surface area (Å²) in [5.74, 6) is 0.0288. The van der Waals surface area contributed by atoms with Crippen LogP contribution >= 0.6 is 0 Å². The third kappa shape index (κ3) is 6.57. The van der Waals surface area contributed by atoms with Gasteiger partial charge in [-0.15, -0.1) is 0 Å². The number of nitrogens with zero attached hydrogens (tertiary/aromatic N) is 4. The first-order valence-corrected chi connectivity index (χ1v) is 13.2. The van der Waals surface area contributed by atoms with E-state index in [1.165, 1.54) is 12.3 Å². The monoisotopic (exact) mass is 550 g/mol. The van der Waals surface area contributed by atoms with Crippen molar-refractivity contribution in [3.05, 3.63) is 66.5 Å². The van der Waals surface area contributed by atoms with E-state index >= 15 is 0 Å². The summed E-state index contributed by atoms with van der Waals surface area (Å²) < 4.78 is 30.8. The van der Waals surface area contributed by atoms with E-state index in [1.807, 2.05) is 6.07 Å². The van der Waals surface area contributed by atoms with Gasteiger partial charge in [0.1, 0.15) is 23.3 Å². The first kappa shape index (κ1) is 27.1.